The maximum Gasteiger partial charge on any atom is 0.262 e. The molecule has 0 aliphatic rings. The van der Waals surface area contributed by atoms with Gasteiger partial charge in [-0.25, -0.2) is 0 Å². The molecule has 1 amide bonds. The molecule has 2 rings (SSSR count). The van der Waals surface area contributed by atoms with Crippen LogP contribution < -0.4 is 10.1 Å². The smallest absolute Gasteiger partial charge is 0.262 e. The van der Waals surface area contributed by atoms with Crippen molar-refractivity contribution < 1.29 is 14.6 Å². The Balaban J connectivity index is 2.01. The van der Waals surface area contributed by atoms with Gasteiger partial charge in [0.15, 0.2) is 6.61 Å². The molecule has 0 saturated heterocycles. The molecule has 0 aliphatic carbocycles. The quantitative estimate of drug-likeness (QED) is 0.783. The van der Waals surface area contributed by atoms with Crippen molar-refractivity contribution in [2.75, 3.05) is 11.9 Å². The largest absolute Gasteiger partial charge is 0.482 e. The number of hydrogen-bond acceptors (Lipinski definition) is 3. The van der Waals surface area contributed by atoms with Crippen LogP contribution >= 0.6 is 31.9 Å². The summed E-state index contributed by atoms with van der Waals surface area (Å²) < 4.78 is 7.00. The van der Waals surface area contributed by atoms with Crippen molar-refractivity contribution in [3.63, 3.8) is 0 Å². The molecule has 0 radical (unpaired) electrons. The number of benzene rings is 2. The average Bonchev–Trinajstić information content (AvgIpc) is 2.48. The summed E-state index contributed by atoms with van der Waals surface area (Å²) in [6.07, 6.45) is 0. The number of carbonyl (C=O) groups excluding carboxylic acids is 1. The zero-order chi connectivity index (χ0) is 15.2. The normalized spacial score (nSPS) is 10.2. The number of hydrogen-bond donors (Lipinski definition) is 2. The lowest BCUT2D eigenvalue weighted by Gasteiger charge is -2.12. The summed E-state index contributed by atoms with van der Waals surface area (Å²) in [4.78, 5) is 11.9. The molecule has 2 aromatic carbocycles. The number of para-hydroxylation sites is 2. The van der Waals surface area contributed by atoms with Gasteiger partial charge in [-0.15, -0.1) is 0 Å². The zero-order valence-electron chi connectivity index (χ0n) is 11.0. The van der Waals surface area contributed by atoms with E-state index in [1.165, 1.54) is 0 Å². The summed E-state index contributed by atoms with van der Waals surface area (Å²) in [6, 6.07) is 12.7. The number of aliphatic hydroxyl groups excluding tert-OH is 1. The van der Waals surface area contributed by atoms with Gasteiger partial charge in [0.25, 0.3) is 5.91 Å². The number of carbonyl (C=O) groups is 1. The van der Waals surface area contributed by atoms with E-state index in [0.717, 1.165) is 4.47 Å². The first-order chi connectivity index (χ1) is 10.1. The van der Waals surface area contributed by atoms with Gasteiger partial charge in [0.2, 0.25) is 0 Å². The van der Waals surface area contributed by atoms with Crippen molar-refractivity contribution in [1.29, 1.82) is 0 Å². The summed E-state index contributed by atoms with van der Waals surface area (Å²) >= 11 is 6.70. The van der Waals surface area contributed by atoms with Crippen LogP contribution in [-0.4, -0.2) is 17.6 Å². The predicted molar refractivity (Wildman–Crippen MR) is 88.3 cm³/mol. The van der Waals surface area contributed by atoms with E-state index in [0.29, 0.717) is 21.5 Å². The highest BCUT2D eigenvalue weighted by Crippen LogP contribution is 2.29. The summed E-state index contributed by atoms with van der Waals surface area (Å²) in [5.74, 6) is 0.198. The molecule has 0 saturated carbocycles. The van der Waals surface area contributed by atoms with E-state index < -0.39 is 0 Å². The second-order valence-electron chi connectivity index (χ2n) is 4.20. The number of aliphatic hydroxyl groups is 1. The van der Waals surface area contributed by atoms with E-state index in [1.807, 2.05) is 18.2 Å². The molecule has 4 nitrogen and oxygen atoms in total. The average molecular weight is 415 g/mol. The molecule has 0 spiro atoms. The SMILES string of the molecule is O=C(COc1c(Br)cccc1CO)Nc1ccccc1Br. The standard InChI is InChI=1S/C15H13Br2NO3/c16-11-5-1-2-7-13(11)18-14(20)9-21-15-10(8-19)4-3-6-12(15)17/h1-7,19H,8-9H2,(H,18,20). The Hall–Kier alpha value is -1.37. The highest BCUT2D eigenvalue weighted by Gasteiger charge is 2.11. The molecule has 6 heteroatoms. The fourth-order valence-corrected chi connectivity index (χ4v) is 2.63. The molecular weight excluding hydrogens is 402 g/mol. The minimum absolute atomic E-state index is 0.142. The molecule has 0 aromatic heterocycles. The zero-order valence-corrected chi connectivity index (χ0v) is 14.1. The third kappa shape index (κ3) is 4.30. The van der Waals surface area contributed by atoms with Gasteiger partial charge in [-0.05, 0) is 50.1 Å². The molecule has 0 bridgehead atoms. The van der Waals surface area contributed by atoms with Crippen LogP contribution in [0.3, 0.4) is 0 Å². The van der Waals surface area contributed by atoms with Gasteiger partial charge in [0, 0.05) is 10.0 Å². The van der Waals surface area contributed by atoms with E-state index in [9.17, 15) is 9.90 Å². The van der Waals surface area contributed by atoms with Crippen molar-refractivity contribution in [2.24, 2.45) is 0 Å². The number of anilines is 1. The summed E-state index contributed by atoms with van der Waals surface area (Å²) in [5.41, 5.74) is 1.30. The molecule has 2 N–H and O–H groups in total. The highest BCUT2D eigenvalue weighted by atomic mass is 79.9. The van der Waals surface area contributed by atoms with Gasteiger partial charge in [-0.2, -0.15) is 0 Å². The molecule has 0 atom stereocenters. The van der Waals surface area contributed by atoms with Gasteiger partial charge < -0.3 is 15.2 Å². The first kappa shape index (κ1) is 16.0. The Labute approximate surface area is 139 Å². The van der Waals surface area contributed by atoms with Crippen LogP contribution in [-0.2, 0) is 11.4 Å². The van der Waals surface area contributed by atoms with Crippen LogP contribution in [0.25, 0.3) is 0 Å². The third-order valence-electron chi connectivity index (χ3n) is 2.71. The van der Waals surface area contributed by atoms with Gasteiger partial charge in [0.05, 0.1) is 16.8 Å². The summed E-state index contributed by atoms with van der Waals surface area (Å²) in [7, 11) is 0. The van der Waals surface area contributed by atoms with Gasteiger partial charge in [0.1, 0.15) is 5.75 Å². The van der Waals surface area contributed by atoms with E-state index in [4.69, 9.17) is 4.74 Å². The highest BCUT2D eigenvalue weighted by molar-refractivity contribution is 9.11. The number of amides is 1. The minimum atomic E-state index is -0.276. The number of halogens is 2. The number of rotatable bonds is 5. The molecule has 0 unspecified atom stereocenters. The van der Waals surface area contributed by atoms with Crippen LogP contribution in [0.4, 0.5) is 5.69 Å². The Morgan fingerprint density at radius 3 is 2.52 bits per heavy atom. The van der Waals surface area contributed by atoms with Crippen molar-refractivity contribution in [1.82, 2.24) is 0 Å². The van der Waals surface area contributed by atoms with Crippen molar-refractivity contribution in [3.05, 3.63) is 57.0 Å². The fourth-order valence-electron chi connectivity index (χ4n) is 1.73. The molecule has 110 valence electrons. The Bertz CT molecular complexity index is 647. The molecule has 0 fully saturated rings. The molecule has 0 heterocycles. The van der Waals surface area contributed by atoms with Crippen molar-refractivity contribution in [2.45, 2.75) is 6.61 Å². The molecule has 21 heavy (non-hydrogen) atoms. The van der Waals surface area contributed by atoms with Crippen LogP contribution in [0.2, 0.25) is 0 Å². The van der Waals surface area contributed by atoms with E-state index in [2.05, 4.69) is 37.2 Å². The van der Waals surface area contributed by atoms with Crippen molar-refractivity contribution in [3.8, 4) is 5.75 Å². The maximum atomic E-state index is 11.9. The lowest BCUT2D eigenvalue weighted by molar-refractivity contribution is -0.118. The van der Waals surface area contributed by atoms with E-state index in [1.54, 1.807) is 24.3 Å². The van der Waals surface area contributed by atoms with Crippen LogP contribution in [0.1, 0.15) is 5.56 Å². The fraction of sp³-hybridized carbons (Fsp3) is 0.133. The minimum Gasteiger partial charge on any atom is -0.482 e. The number of ether oxygens (including phenoxy) is 1. The van der Waals surface area contributed by atoms with Crippen LogP contribution in [0.15, 0.2) is 51.4 Å². The molecule has 2 aromatic rings. The number of nitrogens with one attached hydrogen (secondary N) is 1. The third-order valence-corrected chi connectivity index (χ3v) is 4.03. The second-order valence-corrected chi connectivity index (χ2v) is 5.91. The van der Waals surface area contributed by atoms with E-state index in [-0.39, 0.29) is 19.1 Å². The Morgan fingerprint density at radius 1 is 1.10 bits per heavy atom. The second kappa shape index (κ2) is 7.59. The first-order valence-electron chi connectivity index (χ1n) is 6.17. The van der Waals surface area contributed by atoms with Gasteiger partial charge in [-0.3, -0.25) is 4.79 Å². The van der Waals surface area contributed by atoms with E-state index >= 15 is 0 Å². The monoisotopic (exact) mass is 413 g/mol. The van der Waals surface area contributed by atoms with Gasteiger partial charge >= 0.3 is 0 Å². The first-order valence-corrected chi connectivity index (χ1v) is 7.76. The summed E-state index contributed by atoms with van der Waals surface area (Å²) in [5, 5.41) is 12.0. The summed E-state index contributed by atoms with van der Waals surface area (Å²) in [6.45, 7) is -0.294. The molecule has 0 aliphatic heterocycles. The Morgan fingerprint density at radius 2 is 1.81 bits per heavy atom. The van der Waals surface area contributed by atoms with Crippen LogP contribution in [0, 0.1) is 0 Å². The topological polar surface area (TPSA) is 58.6 Å². The predicted octanol–water partition coefficient (Wildman–Crippen LogP) is 3.72. The molecular formula is C15H13Br2NO3. The maximum absolute atomic E-state index is 11.9. The lowest BCUT2D eigenvalue weighted by Crippen LogP contribution is -2.20. The van der Waals surface area contributed by atoms with Crippen LogP contribution in [0.5, 0.6) is 5.75 Å². The van der Waals surface area contributed by atoms with Crippen molar-refractivity contribution >= 4 is 43.5 Å². The lowest BCUT2D eigenvalue weighted by atomic mass is 10.2. The Kier molecular flexibility index (Phi) is 5.78. The van der Waals surface area contributed by atoms with Gasteiger partial charge in [-0.1, -0.05) is 24.3 Å².